The van der Waals surface area contributed by atoms with Crippen molar-refractivity contribution in [3.8, 4) is 0 Å². The summed E-state index contributed by atoms with van der Waals surface area (Å²) in [6.07, 6.45) is 0.970. The topological polar surface area (TPSA) is 60.6 Å². The molecule has 0 bridgehead atoms. The molecule has 1 saturated heterocycles. The summed E-state index contributed by atoms with van der Waals surface area (Å²) < 4.78 is 5.45. The highest BCUT2D eigenvalue weighted by molar-refractivity contribution is 7.80. The van der Waals surface area contributed by atoms with E-state index in [-0.39, 0.29) is 5.56 Å². The fourth-order valence-electron chi connectivity index (χ4n) is 4.14. The Morgan fingerprint density at radius 3 is 2.73 bits per heavy atom. The van der Waals surface area contributed by atoms with Gasteiger partial charge in [0.25, 0.3) is 5.56 Å². The molecule has 7 heteroatoms. The second-order valence-electron chi connectivity index (χ2n) is 8.59. The van der Waals surface area contributed by atoms with E-state index in [1.807, 2.05) is 36.4 Å². The van der Waals surface area contributed by atoms with E-state index in [4.69, 9.17) is 17.0 Å². The monoisotopic (exact) mass is 464 g/mol. The lowest BCUT2D eigenvalue weighted by molar-refractivity contribution is 0.0367. The van der Waals surface area contributed by atoms with Crippen LogP contribution in [0.3, 0.4) is 0 Å². The molecule has 33 heavy (non-hydrogen) atoms. The van der Waals surface area contributed by atoms with Gasteiger partial charge in [-0.2, -0.15) is 0 Å². The number of thiocarbonyl (C=S) groups is 1. The third-order valence-electron chi connectivity index (χ3n) is 6.02. The van der Waals surface area contributed by atoms with Crippen LogP contribution in [0.5, 0.6) is 0 Å². The molecule has 0 aliphatic carbocycles. The summed E-state index contributed by atoms with van der Waals surface area (Å²) in [5, 5.41) is 5.10. The summed E-state index contributed by atoms with van der Waals surface area (Å²) in [6, 6.07) is 18.3. The highest BCUT2D eigenvalue weighted by Gasteiger charge is 2.15. The second-order valence-corrected chi connectivity index (χ2v) is 8.97. The molecule has 0 saturated carbocycles. The summed E-state index contributed by atoms with van der Waals surface area (Å²) >= 11 is 5.77. The van der Waals surface area contributed by atoms with E-state index in [9.17, 15) is 4.79 Å². The first-order valence-corrected chi connectivity index (χ1v) is 12.0. The maximum absolute atomic E-state index is 12.8. The zero-order chi connectivity index (χ0) is 23.0. The van der Waals surface area contributed by atoms with Gasteiger partial charge in [-0.05, 0) is 54.7 Å². The van der Waals surface area contributed by atoms with E-state index >= 15 is 0 Å². The van der Waals surface area contributed by atoms with Crippen molar-refractivity contribution in [1.29, 1.82) is 0 Å². The molecule has 0 radical (unpaired) electrons. The molecule has 1 aliphatic heterocycles. The maximum Gasteiger partial charge on any atom is 0.253 e. The molecule has 1 aromatic heterocycles. The number of fused-ring (bicyclic) bond motifs is 1. The molecular weight excluding hydrogens is 432 g/mol. The fraction of sp³-hybridized carbons (Fsp3) is 0.385. The average Bonchev–Trinajstić information content (AvgIpc) is 2.84. The van der Waals surface area contributed by atoms with Crippen LogP contribution in [0.15, 0.2) is 59.4 Å². The lowest BCUT2D eigenvalue weighted by Gasteiger charge is -2.29. The van der Waals surface area contributed by atoms with Crippen LogP contribution in [0, 0.1) is 6.92 Å². The standard InChI is InChI=1S/C26H32N4O2S/c1-20-8-9-24-22(16-20)17-23(25(31)28-24)19-30(11-5-10-29-12-14-32-15-13-29)26(33)27-18-21-6-3-2-4-7-21/h2-4,6-9,16-17H,5,10-15,18-19H2,1H3,(H,27,33)(H,28,31). The number of rotatable bonds is 8. The number of aromatic nitrogens is 1. The fourth-order valence-corrected chi connectivity index (χ4v) is 4.37. The third-order valence-corrected chi connectivity index (χ3v) is 6.42. The van der Waals surface area contributed by atoms with Crippen LogP contribution in [0.25, 0.3) is 10.9 Å². The van der Waals surface area contributed by atoms with Crippen molar-refractivity contribution in [3.63, 3.8) is 0 Å². The summed E-state index contributed by atoms with van der Waals surface area (Å²) in [5.41, 5.74) is 3.87. The van der Waals surface area contributed by atoms with Crippen LogP contribution in [0.1, 0.15) is 23.1 Å². The molecule has 2 heterocycles. The molecule has 3 aromatic rings. The number of hydrogen-bond donors (Lipinski definition) is 2. The molecule has 6 nitrogen and oxygen atoms in total. The smallest absolute Gasteiger partial charge is 0.253 e. The molecule has 1 aliphatic rings. The molecule has 174 valence electrons. The number of aromatic amines is 1. The Morgan fingerprint density at radius 1 is 1.15 bits per heavy atom. The molecule has 1 fully saturated rings. The van der Waals surface area contributed by atoms with Gasteiger partial charge in [-0.3, -0.25) is 9.69 Å². The quantitative estimate of drug-likeness (QED) is 0.498. The SMILES string of the molecule is Cc1ccc2[nH]c(=O)c(CN(CCCN3CCOCC3)C(=S)NCc3ccccc3)cc2c1. The summed E-state index contributed by atoms with van der Waals surface area (Å²) in [7, 11) is 0. The number of ether oxygens (including phenoxy) is 1. The van der Waals surface area contributed by atoms with Gasteiger partial charge in [0.05, 0.1) is 19.8 Å². The van der Waals surface area contributed by atoms with Gasteiger partial charge >= 0.3 is 0 Å². The van der Waals surface area contributed by atoms with E-state index in [0.717, 1.165) is 62.3 Å². The molecule has 0 unspecified atom stereocenters. The van der Waals surface area contributed by atoms with Crippen molar-refractivity contribution in [3.05, 3.63) is 81.6 Å². The largest absolute Gasteiger partial charge is 0.379 e. The Labute approximate surface area is 200 Å². The summed E-state index contributed by atoms with van der Waals surface area (Å²) in [6.45, 7) is 8.51. The number of nitrogens with one attached hydrogen (secondary N) is 2. The number of aryl methyl sites for hydroxylation is 1. The summed E-state index contributed by atoms with van der Waals surface area (Å²) in [5.74, 6) is 0. The Balaban J connectivity index is 1.47. The van der Waals surface area contributed by atoms with Gasteiger partial charge in [0.2, 0.25) is 0 Å². The van der Waals surface area contributed by atoms with Gasteiger partial charge in [0, 0.05) is 43.8 Å². The Bertz CT molecular complexity index is 1130. The predicted octanol–water partition coefficient (Wildman–Crippen LogP) is 3.44. The minimum absolute atomic E-state index is 0.0598. The maximum atomic E-state index is 12.8. The van der Waals surface area contributed by atoms with Crippen molar-refractivity contribution in [2.75, 3.05) is 39.4 Å². The van der Waals surface area contributed by atoms with Crippen LogP contribution in [-0.4, -0.2) is 59.3 Å². The average molecular weight is 465 g/mol. The van der Waals surface area contributed by atoms with Crippen LogP contribution < -0.4 is 10.9 Å². The van der Waals surface area contributed by atoms with Crippen LogP contribution in [0.2, 0.25) is 0 Å². The zero-order valence-electron chi connectivity index (χ0n) is 19.2. The van der Waals surface area contributed by atoms with Gasteiger partial charge in [0.1, 0.15) is 0 Å². The number of pyridine rings is 1. The minimum Gasteiger partial charge on any atom is -0.379 e. The first kappa shape index (κ1) is 23.4. The van der Waals surface area contributed by atoms with E-state index in [1.54, 1.807) is 0 Å². The van der Waals surface area contributed by atoms with E-state index < -0.39 is 0 Å². The Hall–Kier alpha value is -2.74. The molecule has 2 N–H and O–H groups in total. The number of hydrogen-bond acceptors (Lipinski definition) is 4. The first-order valence-electron chi connectivity index (χ1n) is 11.6. The highest BCUT2D eigenvalue weighted by Crippen LogP contribution is 2.15. The van der Waals surface area contributed by atoms with Crippen molar-refractivity contribution < 1.29 is 4.74 Å². The van der Waals surface area contributed by atoms with Crippen molar-refractivity contribution in [2.45, 2.75) is 26.4 Å². The lowest BCUT2D eigenvalue weighted by Crippen LogP contribution is -2.42. The second kappa shape index (κ2) is 11.4. The Morgan fingerprint density at radius 2 is 1.94 bits per heavy atom. The predicted molar refractivity (Wildman–Crippen MR) is 137 cm³/mol. The first-order chi connectivity index (χ1) is 16.1. The molecule has 0 atom stereocenters. The molecule has 0 amide bonds. The van der Waals surface area contributed by atoms with E-state index in [2.05, 4.69) is 45.2 Å². The third kappa shape index (κ3) is 6.63. The Kier molecular flexibility index (Phi) is 8.10. The van der Waals surface area contributed by atoms with Crippen molar-refractivity contribution in [2.24, 2.45) is 0 Å². The molecule has 4 rings (SSSR count). The number of benzene rings is 2. The van der Waals surface area contributed by atoms with E-state index in [1.165, 1.54) is 11.1 Å². The van der Waals surface area contributed by atoms with Crippen molar-refractivity contribution >= 4 is 28.2 Å². The number of H-pyrrole nitrogens is 1. The van der Waals surface area contributed by atoms with E-state index in [0.29, 0.717) is 18.2 Å². The number of nitrogens with zero attached hydrogens (tertiary/aromatic N) is 2. The lowest BCUT2D eigenvalue weighted by atomic mass is 10.1. The zero-order valence-corrected chi connectivity index (χ0v) is 20.0. The molecular formula is C26H32N4O2S. The van der Waals surface area contributed by atoms with Gasteiger partial charge in [-0.25, -0.2) is 0 Å². The highest BCUT2D eigenvalue weighted by atomic mass is 32.1. The van der Waals surface area contributed by atoms with Gasteiger partial charge < -0.3 is 19.9 Å². The van der Waals surface area contributed by atoms with Gasteiger partial charge in [-0.1, -0.05) is 42.0 Å². The normalized spacial score (nSPS) is 14.3. The van der Waals surface area contributed by atoms with Gasteiger partial charge in [-0.15, -0.1) is 0 Å². The summed E-state index contributed by atoms with van der Waals surface area (Å²) in [4.78, 5) is 20.4. The van der Waals surface area contributed by atoms with Crippen LogP contribution >= 0.6 is 12.2 Å². The minimum atomic E-state index is -0.0598. The molecule has 2 aromatic carbocycles. The van der Waals surface area contributed by atoms with Gasteiger partial charge in [0.15, 0.2) is 5.11 Å². The van der Waals surface area contributed by atoms with Crippen LogP contribution in [0.4, 0.5) is 0 Å². The molecule has 0 spiro atoms. The number of morpholine rings is 1. The van der Waals surface area contributed by atoms with Crippen LogP contribution in [-0.2, 0) is 17.8 Å². The van der Waals surface area contributed by atoms with Crippen molar-refractivity contribution in [1.82, 2.24) is 20.1 Å².